The summed E-state index contributed by atoms with van der Waals surface area (Å²) in [6, 6.07) is 12.3. The molecule has 1 N–H and O–H groups in total. The van der Waals surface area contributed by atoms with Gasteiger partial charge in [-0.3, -0.25) is 10.1 Å². The van der Waals surface area contributed by atoms with Gasteiger partial charge in [-0.25, -0.2) is 9.67 Å². The SMILES string of the molecule is COc1ccc(-c2csc(NC(=O)c3ccc(-n4ccc(C(F)(F)F)n4)cc3)n2)cc1OC. The van der Waals surface area contributed by atoms with Crippen LogP contribution in [0.5, 0.6) is 11.5 Å². The highest BCUT2D eigenvalue weighted by molar-refractivity contribution is 7.14. The van der Waals surface area contributed by atoms with E-state index in [1.165, 1.54) is 41.8 Å². The fourth-order valence-electron chi connectivity index (χ4n) is 3.01. The topological polar surface area (TPSA) is 78.3 Å². The van der Waals surface area contributed by atoms with Crippen LogP contribution in [0.25, 0.3) is 16.9 Å². The molecule has 0 atom stereocenters. The second-order valence-electron chi connectivity index (χ2n) is 6.75. The van der Waals surface area contributed by atoms with Crippen molar-refractivity contribution in [2.45, 2.75) is 6.18 Å². The summed E-state index contributed by atoms with van der Waals surface area (Å²) in [5.41, 5.74) is 1.19. The first-order chi connectivity index (χ1) is 15.8. The molecule has 2 heterocycles. The number of nitrogens with zero attached hydrogens (tertiary/aromatic N) is 3. The molecule has 0 fully saturated rings. The second-order valence-corrected chi connectivity index (χ2v) is 7.61. The third-order valence-electron chi connectivity index (χ3n) is 4.68. The van der Waals surface area contributed by atoms with Gasteiger partial charge in [0.15, 0.2) is 22.3 Å². The minimum Gasteiger partial charge on any atom is -0.493 e. The Bertz CT molecular complexity index is 1280. The van der Waals surface area contributed by atoms with Crippen LogP contribution in [-0.4, -0.2) is 34.9 Å². The van der Waals surface area contributed by atoms with E-state index in [1.807, 2.05) is 6.07 Å². The molecule has 0 saturated heterocycles. The van der Waals surface area contributed by atoms with E-state index >= 15 is 0 Å². The molecule has 11 heteroatoms. The first-order valence-corrected chi connectivity index (χ1v) is 10.4. The van der Waals surface area contributed by atoms with Gasteiger partial charge in [-0.05, 0) is 48.5 Å². The minimum atomic E-state index is -4.52. The van der Waals surface area contributed by atoms with Crippen molar-refractivity contribution in [1.29, 1.82) is 0 Å². The molecule has 0 spiro atoms. The van der Waals surface area contributed by atoms with Crippen LogP contribution < -0.4 is 14.8 Å². The molecule has 0 bridgehead atoms. The Morgan fingerprint density at radius 2 is 1.76 bits per heavy atom. The smallest absolute Gasteiger partial charge is 0.435 e. The molecule has 1 amide bonds. The zero-order valence-corrected chi connectivity index (χ0v) is 18.2. The molecule has 0 radical (unpaired) electrons. The summed E-state index contributed by atoms with van der Waals surface area (Å²) >= 11 is 1.26. The molecular weight excluding hydrogens is 457 g/mol. The predicted molar refractivity (Wildman–Crippen MR) is 117 cm³/mol. The molecule has 4 rings (SSSR count). The van der Waals surface area contributed by atoms with Gasteiger partial charge in [-0.2, -0.15) is 18.3 Å². The molecule has 0 aliphatic carbocycles. The number of hydrogen-bond acceptors (Lipinski definition) is 6. The Balaban J connectivity index is 1.46. The van der Waals surface area contributed by atoms with E-state index < -0.39 is 17.8 Å². The zero-order valence-electron chi connectivity index (χ0n) is 17.4. The maximum absolute atomic E-state index is 12.7. The largest absolute Gasteiger partial charge is 0.493 e. The van der Waals surface area contributed by atoms with Crippen LogP contribution in [0, 0.1) is 0 Å². The van der Waals surface area contributed by atoms with Gasteiger partial charge in [-0.1, -0.05) is 0 Å². The van der Waals surface area contributed by atoms with Crippen LogP contribution in [0.15, 0.2) is 60.1 Å². The van der Waals surface area contributed by atoms with E-state index in [4.69, 9.17) is 9.47 Å². The summed E-state index contributed by atoms with van der Waals surface area (Å²) in [5.74, 6) is 0.762. The van der Waals surface area contributed by atoms with E-state index in [1.54, 1.807) is 31.7 Å². The summed E-state index contributed by atoms with van der Waals surface area (Å²) in [6.07, 6.45) is -3.31. The number of ether oxygens (including phenoxy) is 2. The van der Waals surface area contributed by atoms with Crippen molar-refractivity contribution in [3.8, 4) is 28.4 Å². The van der Waals surface area contributed by atoms with E-state index in [9.17, 15) is 18.0 Å². The van der Waals surface area contributed by atoms with Gasteiger partial charge in [0.05, 0.1) is 25.6 Å². The molecule has 4 aromatic rings. The second kappa shape index (κ2) is 8.94. The van der Waals surface area contributed by atoms with Gasteiger partial charge in [0, 0.05) is 22.7 Å². The summed E-state index contributed by atoms with van der Waals surface area (Å²) in [6.45, 7) is 0. The number of aromatic nitrogens is 3. The number of thiazole rings is 1. The monoisotopic (exact) mass is 474 g/mol. The number of halogens is 3. The number of nitrogens with one attached hydrogen (secondary N) is 1. The summed E-state index contributed by atoms with van der Waals surface area (Å²) in [5, 5.41) is 8.44. The van der Waals surface area contributed by atoms with Crippen molar-refractivity contribution in [1.82, 2.24) is 14.8 Å². The lowest BCUT2D eigenvalue weighted by molar-refractivity contribution is -0.141. The Hall–Kier alpha value is -3.86. The molecule has 0 saturated carbocycles. The van der Waals surface area contributed by atoms with Crippen molar-refractivity contribution in [3.63, 3.8) is 0 Å². The maximum atomic E-state index is 12.7. The van der Waals surface area contributed by atoms with Gasteiger partial charge in [-0.15, -0.1) is 11.3 Å². The lowest BCUT2D eigenvalue weighted by Gasteiger charge is -2.08. The lowest BCUT2D eigenvalue weighted by atomic mass is 10.1. The number of carbonyl (C=O) groups is 1. The quantitative estimate of drug-likeness (QED) is 0.411. The number of alkyl halides is 3. The summed E-state index contributed by atoms with van der Waals surface area (Å²) in [7, 11) is 3.09. The number of hydrogen-bond donors (Lipinski definition) is 1. The predicted octanol–water partition coefficient (Wildman–Crippen LogP) is 5.28. The highest BCUT2D eigenvalue weighted by atomic mass is 32.1. The van der Waals surface area contributed by atoms with Crippen LogP contribution in [-0.2, 0) is 6.18 Å². The van der Waals surface area contributed by atoms with Gasteiger partial charge in [0.25, 0.3) is 5.91 Å². The number of methoxy groups -OCH3 is 2. The number of amides is 1. The molecule has 0 unspecified atom stereocenters. The Kier molecular flexibility index (Phi) is 6.05. The lowest BCUT2D eigenvalue weighted by Crippen LogP contribution is -2.12. The van der Waals surface area contributed by atoms with Crippen molar-refractivity contribution in [2.24, 2.45) is 0 Å². The standard InChI is InChI=1S/C22H17F3N4O3S/c1-31-17-8-5-14(11-18(17)32-2)16-12-33-21(26-16)27-20(30)13-3-6-15(7-4-13)29-10-9-19(28-29)22(23,24)25/h3-12H,1-2H3,(H,26,27,30). The molecular formula is C22H17F3N4O3S. The fourth-order valence-corrected chi connectivity index (χ4v) is 3.73. The van der Waals surface area contributed by atoms with Gasteiger partial charge < -0.3 is 9.47 Å². The Morgan fingerprint density at radius 1 is 1.03 bits per heavy atom. The van der Waals surface area contributed by atoms with Gasteiger partial charge in [0.1, 0.15) is 0 Å². The Morgan fingerprint density at radius 3 is 2.39 bits per heavy atom. The van der Waals surface area contributed by atoms with Crippen LogP contribution in [0.4, 0.5) is 18.3 Å². The molecule has 2 aromatic heterocycles. The normalized spacial score (nSPS) is 11.3. The van der Waals surface area contributed by atoms with E-state index in [-0.39, 0.29) is 0 Å². The van der Waals surface area contributed by atoms with Crippen molar-refractivity contribution in [2.75, 3.05) is 19.5 Å². The number of rotatable bonds is 6. The van der Waals surface area contributed by atoms with Gasteiger partial charge >= 0.3 is 6.18 Å². The third-order valence-corrected chi connectivity index (χ3v) is 5.44. The fraction of sp³-hybridized carbons (Fsp3) is 0.136. The molecule has 170 valence electrons. The van der Waals surface area contributed by atoms with Crippen LogP contribution in [0.3, 0.4) is 0 Å². The number of anilines is 1. The Labute approximate surface area is 190 Å². The van der Waals surface area contributed by atoms with Crippen LogP contribution in [0.1, 0.15) is 16.1 Å². The number of benzene rings is 2. The van der Waals surface area contributed by atoms with Crippen LogP contribution in [0.2, 0.25) is 0 Å². The maximum Gasteiger partial charge on any atom is 0.435 e. The molecule has 33 heavy (non-hydrogen) atoms. The van der Waals surface area contributed by atoms with Gasteiger partial charge in [0.2, 0.25) is 0 Å². The summed E-state index contributed by atoms with van der Waals surface area (Å²) < 4.78 is 49.8. The first-order valence-electron chi connectivity index (χ1n) is 9.51. The highest BCUT2D eigenvalue weighted by Crippen LogP contribution is 2.33. The van der Waals surface area contributed by atoms with Crippen molar-refractivity contribution < 1.29 is 27.4 Å². The van der Waals surface area contributed by atoms with Crippen LogP contribution >= 0.6 is 11.3 Å². The molecule has 0 aliphatic heterocycles. The van der Waals surface area contributed by atoms with Crippen molar-refractivity contribution >= 4 is 22.4 Å². The number of carbonyl (C=O) groups excluding carboxylic acids is 1. The average Bonchev–Trinajstić information content (AvgIpc) is 3.49. The molecule has 0 aliphatic rings. The van der Waals surface area contributed by atoms with E-state index in [2.05, 4.69) is 15.4 Å². The first kappa shape index (κ1) is 22.3. The molecule has 7 nitrogen and oxygen atoms in total. The van der Waals surface area contributed by atoms with E-state index in [0.29, 0.717) is 33.6 Å². The van der Waals surface area contributed by atoms with Crippen molar-refractivity contribution in [3.05, 3.63) is 71.4 Å². The third kappa shape index (κ3) is 4.82. The highest BCUT2D eigenvalue weighted by Gasteiger charge is 2.33. The zero-order chi connectivity index (χ0) is 23.6. The van der Waals surface area contributed by atoms with E-state index in [0.717, 1.165) is 16.3 Å². The molecule has 2 aromatic carbocycles. The summed E-state index contributed by atoms with van der Waals surface area (Å²) in [4.78, 5) is 17.0. The minimum absolute atomic E-state index is 0.324. The average molecular weight is 474 g/mol.